The minimum Gasteiger partial charge on any atom is -0.345 e. The summed E-state index contributed by atoms with van der Waals surface area (Å²) in [7, 11) is 0. The van der Waals surface area contributed by atoms with Crippen LogP contribution in [0.1, 0.15) is 37.7 Å². The van der Waals surface area contributed by atoms with Crippen LogP contribution in [-0.4, -0.2) is 41.0 Å². The van der Waals surface area contributed by atoms with E-state index in [0.717, 1.165) is 16.6 Å². The van der Waals surface area contributed by atoms with Crippen LogP contribution in [0.2, 0.25) is 0 Å². The normalized spacial score (nSPS) is 16.4. The van der Waals surface area contributed by atoms with E-state index in [1.165, 1.54) is 22.2 Å². The van der Waals surface area contributed by atoms with Gasteiger partial charge in [0, 0.05) is 29.6 Å². The molecule has 5 nitrogen and oxygen atoms in total. The van der Waals surface area contributed by atoms with Gasteiger partial charge in [-0.1, -0.05) is 40.4 Å². The second-order valence-electron chi connectivity index (χ2n) is 6.26. The van der Waals surface area contributed by atoms with Crippen molar-refractivity contribution in [2.45, 2.75) is 47.6 Å². The van der Waals surface area contributed by atoms with E-state index >= 15 is 0 Å². The molecule has 0 aliphatic carbocycles. The first-order chi connectivity index (χ1) is 13.0. The molecule has 1 fully saturated rings. The molecule has 1 aliphatic rings. The van der Waals surface area contributed by atoms with Crippen molar-refractivity contribution < 1.29 is 14.4 Å². The number of halogens is 1. The number of carbonyl (C=O) groups is 3. The molecule has 144 valence electrons. The van der Waals surface area contributed by atoms with Crippen molar-refractivity contribution in [3.8, 4) is 12.3 Å². The highest BCUT2D eigenvalue weighted by molar-refractivity contribution is 9.08. The van der Waals surface area contributed by atoms with E-state index in [1.807, 2.05) is 24.3 Å². The Labute approximate surface area is 172 Å². The molecule has 3 amide bonds. The van der Waals surface area contributed by atoms with Crippen LogP contribution in [0.25, 0.3) is 0 Å². The summed E-state index contributed by atoms with van der Waals surface area (Å²) in [5, 5.41) is 3.06. The minimum absolute atomic E-state index is 0.0660. The highest BCUT2D eigenvalue weighted by Crippen LogP contribution is 2.32. The van der Waals surface area contributed by atoms with Gasteiger partial charge in [0.05, 0.1) is 11.8 Å². The van der Waals surface area contributed by atoms with Crippen molar-refractivity contribution >= 4 is 45.4 Å². The Morgan fingerprint density at radius 1 is 1.26 bits per heavy atom. The van der Waals surface area contributed by atoms with Crippen molar-refractivity contribution in [2.24, 2.45) is 0 Å². The summed E-state index contributed by atoms with van der Waals surface area (Å²) in [4.78, 5) is 38.5. The smallest absolute Gasteiger partial charge is 0.243 e. The number of alkyl halides is 1. The fourth-order valence-electron chi connectivity index (χ4n) is 2.77. The number of rotatable bonds is 10. The van der Waals surface area contributed by atoms with Gasteiger partial charge in [0.2, 0.25) is 17.7 Å². The maximum absolute atomic E-state index is 12.5. The molecule has 1 saturated heterocycles. The predicted molar refractivity (Wildman–Crippen MR) is 110 cm³/mol. The first kappa shape index (κ1) is 21.5. The van der Waals surface area contributed by atoms with Crippen LogP contribution < -0.4 is 5.32 Å². The van der Waals surface area contributed by atoms with Crippen LogP contribution in [0.5, 0.6) is 0 Å². The predicted octanol–water partition coefficient (Wildman–Crippen LogP) is 3.11. The molecule has 0 saturated carbocycles. The third kappa shape index (κ3) is 6.71. The van der Waals surface area contributed by atoms with Gasteiger partial charge >= 0.3 is 0 Å². The Morgan fingerprint density at radius 2 is 2.00 bits per heavy atom. The molecule has 0 bridgehead atoms. The zero-order chi connectivity index (χ0) is 19.6. The van der Waals surface area contributed by atoms with Gasteiger partial charge in [0.15, 0.2) is 0 Å². The Hall–Kier alpha value is -1.78. The Bertz CT molecular complexity index is 715. The minimum atomic E-state index is -0.345. The zero-order valence-electron chi connectivity index (χ0n) is 15.1. The summed E-state index contributed by atoms with van der Waals surface area (Å²) in [5.74, 6) is 2.07. The van der Waals surface area contributed by atoms with Gasteiger partial charge in [0.1, 0.15) is 0 Å². The standard InChI is InChI=1S/C20H23BrN2O3S/c1-2-11-22-18(24)6-4-3-5-12-23-19(25)13-17(20(23)26)27-16-9-7-15(14-21)8-10-16/h1,7-10,17H,3-6,11-14H2,(H,22,24). The molecule has 1 heterocycles. The molecule has 1 unspecified atom stereocenters. The second kappa shape index (κ2) is 11.2. The lowest BCUT2D eigenvalue weighted by atomic mass is 10.2. The number of carbonyl (C=O) groups excluding carboxylic acids is 3. The quantitative estimate of drug-likeness (QED) is 0.257. The topological polar surface area (TPSA) is 66.5 Å². The molecule has 0 radical (unpaired) electrons. The summed E-state index contributed by atoms with van der Waals surface area (Å²) in [6.45, 7) is 0.663. The number of nitrogens with one attached hydrogen (secondary N) is 1. The van der Waals surface area contributed by atoms with Gasteiger partial charge in [-0.15, -0.1) is 18.2 Å². The van der Waals surface area contributed by atoms with E-state index in [4.69, 9.17) is 6.42 Å². The number of hydrogen-bond donors (Lipinski definition) is 1. The second-order valence-corrected chi connectivity index (χ2v) is 8.10. The number of terminal acetylenes is 1. The number of likely N-dealkylation sites (tertiary alicyclic amines) is 1. The Kier molecular flexibility index (Phi) is 8.89. The van der Waals surface area contributed by atoms with Crippen molar-refractivity contribution in [1.82, 2.24) is 10.2 Å². The maximum atomic E-state index is 12.5. The van der Waals surface area contributed by atoms with Gasteiger partial charge in [0.25, 0.3) is 0 Å². The van der Waals surface area contributed by atoms with Crippen LogP contribution >= 0.6 is 27.7 Å². The third-order valence-electron chi connectivity index (χ3n) is 4.23. The van der Waals surface area contributed by atoms with Gasteiger partial charge in [-0.2, -0.15) is 0 Å². The van der Waals surface area contributed by atoms with Gasteiger partial charge in [-0.05, 0) is 30.5 Å². The summed E-state index contributed by atoms with van der Waals surface area (Å²) >= 11 is 4.85. The van der Waals surface area contributed by atoms with E-state index in [2.05, 4.69) is 27.2 Å². The van der Waals surface area contributed by atoms with Gasteiger partial charge in [-0.3, -0.25) is 19.3 Å². The first-order valence-electron chi connectivity index (χ1n) is 8.91. The zero-order valence-corrected chi connectivity index (χ0v) is 17.5. The summed E-state index contributed by atoms with van der Waals surface area (Å²) in [6.07, 6.45) is 7.94. The number of imide groups is 1. The molecule has 1 aliphatic heterocycles. The van der Waals surface area contributed by atoms with Crippen LogP contribution in [-0.2, 0) is 19.7 Å². The van der Waals surface area contributed by atoms with Crippen molar-refractivity contribution in [3.63, 3.8) is 0 Å². The highest BCUT2D eigenvalue weighted by Gasteiger charge is 2.38. The number of hydrogen-bond acceptors (Lipinski definition) is 4. The number of thioether (sulfide) groups is 1. The third-order valence-corrected chi connectivity index (χ3v) is 6.08. The molecule has 1 aromatic carbocycles. The van der Waals surface area contributed by atoms with Crippen molar-refractivity contribution in [2.75, 3.05) is 13.1 Å². The van der Waals surface area contributed by atoms with Crippen LogP contribution in [0, 0.1) is 12.3 Å². The molecule has 1 atom stereocenters. The van der Waals surface area contributed by atoms with Gasteiger partial charge < -0.3 is 5.32 Å². The average Bonchev–Trinajstić information content (AvgIpc) is 2.93. The van der Waals surface area contributed by atoms with Crippen LogP contribution in [0.15, 0.2) is 29.2 Å². The Morgan fingerprint density at radius 3 is 2.67 bits per heavy atom. The lowest BCUT2D eigenvalue weighted by Gasteiger charge is -2.14. The van der Waals surface area contributed by atoms with Crippen LogP contribution in [0.4, 0.5) is 0 Å². The highest BCUT2D eigenvalue weighted by atomic mass is 79.9. The van der Waals surface area contributed by atoms with E-state index in [9.17, 15) is 14.4 Å². The monoisotopic (exact) mass is 450 g/mol. The molecule has 0 spiro atoms. The van der Waals surface area contributed by atoms with E-state index in [1.54, 1.807) is 0 Å². The lowest BCUT2D eigenvalue weighted by Crippen LogP contribution is -2.32. The summed E-state index contributed by atoms with van der Waals surface area (Å²) in [6, 6.07) is 7.98. The van der Waals surface area contributed by atoms with E-state index < -0.39 is 0 Å². The lowest BCUT2D eigenvalue weighted by molar-refractivity contribution is -0.138. The Balaban J connectivity index is 1.73. The molecule has 7 heteroatoms. The molecule has 1 aromatic rings. The maximum Gasteiger partial charge on any atom is 0.243 e. The number of amides is 3. The fourth-order valence-corrected chi connectivity index (χ4v) is 4.22. The molecule has 0 aromatic heterocycles. The largest absolute Gasteiger partial charge is 0.345 e. The first-order valence-corrected chi connectivity index (χ1v) is 10.9. The summed E-state index contributed by atoms with van der Waals surface area (Å²) in [5.41, 5.74) is 1.17. The number of benzene rings is 1. The summed E-state index contributed by atoms with van der Waals surface area (Å²) < 4.78 is 0. The van der Waals surface area contributed by atoms with Gasteiger partial charge in [-0.25, -0.2) is 0 Å². The number of unbranched alkanes of at least 4 members (excludes halogenated alkanes) is 2. The van der Waals surface area contributed by atoms with E-state index in [-0.39, 0.29) is 35.9 Å². The SMILES string of the molecule is C#CCNC(=O)CCCCCN1C(=O)CC(Sc2ccc(CBr)cc2)C1=O. The van der Waals surface area contributed by atoms with E-state index in [0.29, 0.717) is 25.8 Å². The molecular formula is C20H23BrN2O3S. The van der Waals surface area contributed by atoms with Crippen molar-refractivity contribution in [3.05, 3.63) is 29.8 Å². The molecule has 27 heavy (non-hydrogen) atoms. The molecular weight excluding hydrogens is 428 g/mol. The van der Waals surface area contributed by atoms with Crippen molar-refractivity contribution in [1.29, 1.82) is 0 Å². The fraction of sp³-hybridized carbons (Fsp3) is 0.450. The molecule has 1 N–H and O–H groups in total. The average molecular weight is 451 g/mol. The molecule has 2 rings (SSSR count). The van der Waals surface area contributed by atoms with Crippen LogP contribution in [0.3, 0.4) is 0 Å². The number of nitrogens with zero attached hydrogens (tertiary/aromatic N) is 1.